The molecule has 6 heteroatoms. The lowest BCUT2D eigenvalue weighted by atomic mass is 10.2. The number of halogens is 4. The Morgan fingerprint density at radius 3 is 2.50 bits per heavy atom. The molecule has 0 aliphatic rings. The number of benzene rings is 2. The van der Waals surface area contributed by atoms with E-state index in [-0.39, 0.29) is 0 Å². The predicted molar refractivity (Wildman–Crippen MR) is 84.8 cm³/mol. The van der Waals surface area contributed by atoms with Gasteiger partial charge in [-0.25, -0.2) is 0 Å². The summed E-state index contributed by atoms with van der Waals surface area (Å²) in [6, 6.07) is 12.5. The lowest BCUT2D eigenvalue weighted by Crippen LogP contribution is -2.00. The molecular weight excluding hydrogens is 368 g/mol. The third-order valence-electron chi connectivity index (χ3n) is 2.57. The first-order valence-electron chi connectivity index (χ1n) is 5.77. The zero-order valence-corrected chi connectivity index (χ0v) is 13.4. The molecule has 0 saturated carbocycles. The number of thioether (sulfide) groups is 1. The summed E-state index contributed by atoms with van der Waals surface area (Å²) < 4.78 is 25.4. The van der Waals surface area contributed by atoms with Crippen molar-refractivity contribution >= 4 is 45.0 Å². The third-order valence-corrected chi connectivity index (χ3v) is 4.30. The maximum absolute atomic E-state index is 12.2. The van der Waals surface area contributed by atoms with Crippen LogP contribution < -0.4 is 5.32 Å². The Morgan fingerprint density at radius 2 is 1.85 bits per heavy atom. The Balaban J connectivity index is 1.98. The van der Waals surface area contributed by atoms with Gasteiger partial charge in [0.1, 0.15) is 0 Å². The van der Waals surface area contributed by atoms with Crippen molar-refractivity contribution in [2.24, 2.45) is 0 Å². The molecule has 0 amide bonds. The van der Waals surface area contributed by atoms with Crippen molar-refractivity contribution in [3.8, 4) is 0 Å². The van der Waals surface area contributed by atoms with E-state index in [1.807, 2.05) is 18.2 Å². The third kappa shape index (κ3) is 4.65. The second-order valence-electron chi connectivity index (χ2n) is 3.99. The van der Waals surface area contributed by atoms with Gasteiger partial charge in [0.25, 0.3) is 5.76 Å². The quantitative estimate of drug-likeness (QED) is 0.638. The van der Waals surface area contributed by atoms with Crippen LogP contribution in [0, 0.1) is 0 Å². The summed E-state index contributed by atoms with van der Waals surface area (Å²) in [5.74, 6) is -2.39. The minimum atomic E-state index is -2.39. The first-order chi connectivity index (χ1) is 9.54. The number of hydrogen-bond acceptors (Lipinski definition) is 2. The van der Waals surface area contributed by atoms with Crippen molar-refractivity contribution in [3.05, 3.63) is 57.5 Å². The molecule has 0 bridgehead atoms. The van der Waals surface area contributed by atoms with Gasteiger partial charge in [-0.3, -0.25) is 0 Å². The Labute approximate surface area is 133 Å². The first-order valence-corrected chi connectivity index (χ1v) is 7.82. The Morgan fingerprint density at radius 1 is 1.15 bits per heavy atom. The average Bonchev–Trinajstić information content (AvgIpc) is 2.41. The van der Waals surface area contributed by atoms with Gasteiger partial charge in [0.05, 0.1) is 0 Å². The van der Waals surface area contributed by atoms with Crippen molar-refractivity contribution in [2.75, 3.05) is 5.32 Å². The molecular formula is C14H11BrClF2NS. The van der Waals surface area contributed by atoms with E-state index in [2.05, 4.69) is 21.2 Å². The zero-order chi connectivity index (χ0) is 14.5. The van der Waals surface area contributed by atoms with E-state index in [0.717, 1.165) is 15.7 Å². The molecule has 1 nitrogen and oxygen atoms in total. The molecule has 0 radical (unpaired) electrons. The maximum Gasteiger partial charge on any atom is 0.288 e. The van der Waals surface area contributed by atoms with Crippen LogP contribution >= 0.6 is 39.3 Å². The summed E-state index contributed by atoms with van der Waals surface area (Å²) in [5, 5.41) is 3.90. The standard InChI is InChI=1S/C14H11BrClF2NS/c15-13-6-1-10(16)7-9(13)8-19-11-2-4-12(5-3-11)20-14(17)18/h1-7,14,19H,8H2. The lowest BCUT2D eigenvalue weighted by Gasteiger charge is -2.09. The van der Waals surface area contributed by atoms with Crippen molar-refractivity contribution in [1.29, 1.82) is 0 Å². The van der Waals surface area contributed by atoms with E-state index in [4.69, 9.17) is 11.6 Å². The highest BCUT2D eigenvalue weighted by atomic mass is 79.9. The topological polar surface area (TPSA) is 12.0 Å². The van der Waals surface area contributed by atoms with E-state index < -0.39 is 5.76 Å². The van der Waals surface area contributed by atoms with Gasteiger partial charge < -0.3 is 5.32 Å². The van der Waals surface area contributed by atoms with E-state index in [1.54, 1.807) is 24.3 Å². The fourth-order valence-electron chi connectivity index (χ4n) is 1.63. The van der Waals surface area contributed by atoms with Crippen LogP contribution in [0.2, 0.25) is 5.02 Å². The molecule has 0 fully saturated rings. The summed E-state index contributed by atoms with van der Waals surface area (Å²) >= 11 is 9.94. The Kier molecular flexibility index (Phi) is 5.69. The van der Waals surface area contributed by atoms with Crippen molar-refractivity contribution in [2.45, 2.75) is 17.2 Å². The number of alkyl halides is 2. The van der Waals surface area contributed by atoms with E-state index >= 15 is 0 Å². The van der Waals surface area contributed by atoms with Crippen LogP contribution in [0.1, 0.15) is 5.56 Å². The largest absolute Gasteiger partial charge is 0.381 e. The van der Waals surface area contributed by atoms with Gasteiger partial charge in [0.15, 0.2) is 0 Å². The van der Waals surface area contributed by atoms with Gasteiger partial charge in [0, 0.05) is 26.6 Å². The highest BCUT2D eigenvalue weighted by molar-refractivity contribution is 9.10. The van der Waals surface area contributed by atoms with Gasteiger partial charge in [-0.2, -0.15) is 8.78 Å². The normalized spacial score (nSPS) is 10.8. The van der Waals surface area contributed by atoms with Gasteiger partial charge in [-0.05, 0) is 48.0 Å². The molecule has 0 unspecified atom stereocenters. The molecule has 1 N–H and O–H groups in total. The molecule has 0 atom stereocenters. The van der Waals surface area contributed by atoms with Crippen LogP contribution in [0.5, 0.6) is 0 Å². The van der Waals surface area contributed by atoms with Crippen LogP contribution in [0.15, 0.2) is 51.8 Å². The molecule has 0 heterocycles. The van der Waals surface area contributed by atoms with Gasteiger partial charge in [-0.1, -0.05) is 39.3 Å². The van der Waals surface area contributed by atoms with Crippen LogP contribution in [-0.4, -0.2) is 5.76 Å². The lowest BCUT2D eigenvalue weighted by molar-refractivity contribution is 0.252. The monoisotopic (exact) mass is 377 g/mol. The Bertz CT molecular complexity index is 578. The second-order valence-corrected chi connectivity index (χ2v) is 6.35. The zero-order valence-electron chi connectivity index (χ0n) is 10.2. The van der Waals surface area contributed by atoms with E-state index in [1.165, 1.54) is 0 Å². The fourth-order valence-corrected chi connectivity index (χ4v) is 2.71. The van der Waals surface area contributed by atoms with E-state index in [9.17, 15) is 8.78 Å². The minimum Gasteiger partial charge on any atom is -0.381 e. The number of rotatable bonds is 5. The molecule has 0 aliphatic heterocycles. The number of nitrogens with one attached hydrogen (secondary N) is 1. The van der Waals surface area contributed by atoms with E-state index in [0.29, 0.717) is 28.2 Å². The second kappa shape index (κ2) is 7.29. The molecule has 2 rings (SSSR count). The first kappa shape index (κ1) is 15.6. The van der Waals surface area contributed by atoms with Crippen LogP contribution in [0.25, 0.3) is 0 Å². The SMILES string of the molecule is FC(F)Sc1ccc(NCc2cc(Cl)ccc2Br)cc1. The molecule has 106 valence electrons. The summed E-state index contributed by atoms with van der Waals surface area (Å²) in [5.41, 5.74) is 1.90. The smallest absolute Gasteiger partial charge is 0.288 e. The van der Waals surface area contributed by atoms with Gasteiger partial charge >= 0.3 is 0 Å². The van der Waals surface area contributed by atoms with Gasteiger partial charge in [-0.15, -0.1) is 0 Å². The summed E-state index contributed by atoms with van der Waals surface area (Å²) in [6.07, 6.45) is 0. The van der Waals surface area contributed by atoms with Gasteiger partial charge in [0.2, 0.25) is 0 Å². The Hall–Kier alpha value is -0.780. The number of hydrogen-bond donors (Lipinski definition) is 1. The molecule has 20 heavy (non-hydrogen) atoms. The molecule has 2 aromatic carbocycles. The predicted octanol–water partition coefficient (Wildman–Crippen LogP) is 6.03. The molecule has 0 aliphatic carbocycles. The highest BCUT2D eigenvalue weighted by Gasteiger charge is 2.05. The molecule has 0 aromatic heterocycles. The van der Waals surface area contributed by atoms with Crippen LogP contribution in [0.3, 0.4) is 0 Å². The summed E-state index contributed by atoms with van der Waals surface area (Å²) in [7, 11) is 0. The molecule has 2 aromatic rings. The van der Waals surface area contributed by atoms with Crippen LogP contribution in [-0.2, 0) is 6.54 Å². The van der Waals surface area contributed by atoms with Crippen molar-refractivity contribution in [1.82, 2.24) is 0 Å². The number of anilines is 1. The average molecular weight is 379 g/mol. The fraction of sp³-hybridized carbons (Fsp3) is 0.143. The summed E-state index contributed by atoms with van der Waals surface area (Å²) in [4.78, 5) is 0.550. The minimum absolute atomic E-state index is 0.540. The van der Waals surface area contributed by atoms with Crippen molar-refractivity contribution in [3.63, 3.8) is 0 Å². The summed E-state index contributed by atoms with van der Waals surface area (Å²) in [6.45, 7) is 0.600. The highest BCUT2D eigenvalue weighted by Crippen LogP contribution is 2.27. The van der Waals surface area contributed by atoms with Crippen LogP contribution in [0.4, 0.5) is 14.5 Å². The molecule has 0 saturated heterocycles. The van der Waals surface area contributed by atoms with Crippen molar-refractivity contribution < 1.29 is 8.78 Å². The molecule has 0 spiro atoms. The maximum atomic E-state index is 12.2.